The van der Waals surface area contributed by atoms with Crippen LogP contribution in [0.15, 0.2) is 24.3 Å². The van der Waals surface area contributed by atoms with Crippen molar-refractivity contribution in [2.75, 3.05) is 13.1 Å². The van der Waals surface area contributed by atoms with Crippen LogP contribution in [0.5, 0.6) is 0 Å². The number of piperidine rings is 1. The summed E-state index contributed by atoms with van der Waals surface area (Å²) < 4.78 is 0. The van der Waals surface area contributed by atoms with Crippen molar-refractivity contribution >= 4 is 17.6 Å². The van der Waals surface area contributed by atoms with Gasteiger partial charge in [0.25, 0.3) is 0 Å². The van der Waals surface area contributed by atoms with Crippen LogP contribution in [-0.4, -0.2) is 35.1 Å². The molecule has 0 aromatic heterocycles. The Hall–Kier alpha value is -1.06. The van der Waals surface area contributed by atoms with Gasteiger partial charge in [-0.2, -0.15) is 0 Å². The van der Waals surface area contributed by atoms with Crippen LogP contribution in [0.25, 0.3) is 0 Å². The molecule has 0 spiro atoms. The van der Waals surface area contributed by atoms with Gasteiger partial charge in [0.05, 0.1) is 5.92 Å². The number of rotatable bonds is 4. The highest BCUT2D eigenvalue weighted by atomic mass is 35.5. The molecule has 1 aliphatic rings. The number of halogens is 1. The van der Waals surface area contributed by atoms with E-state index >= 15 is 0 Å². The lowest BCUT2D eigenvalue weighted by Gasteiger charge is -2.37. The van der Waals surface area contributed by atoms with Gasteiger partial charge in [0.2, 0.25) is 0 Å². The third kappa shape index (κ3) is 3.71. The average molecular weight is 282 g/mol. The van der Waals surface area contributed by atoms with Crippen LogP contribution in [0.3, 0.4) is 0 Å². The molecule has 1 heterocycles. The number of nitrogens with zero attached hydrogens (tertiary/aromatic N) is 1. The van der Waals surface area contributed by atoms with Crippen LogP contribution in [0.1, 0.15) is 25.3 Å². The standard InChI is InChI=1S/C15H20ClNO2/c1-11-14(15(18)19)3-2-9-17(11)10-8-12-4-6-13(16)7-5-12/h4-7,11,14H,2-3,8-10H2,1H3,(H,18,19)/t11-,14-/m1/s1. The van der Waals surface area contributed by atoms with Gasteiger partial charge in [-0.05, 0) is 50.4 Å². The van der Waals surface area contributed by atoms with Crippen LogP contribution in [0, 0.1) is 5.92 Å². The molecular weight excluding hydrogens is 262 g/mol. The van der Waals surface area contributed by atoms with E-state index in [1.165, 1.54) is 5.56 Å². The molecule has 1 fully saturated rings. The summed E-state index contributed by atoms with van der Waals surface area (Å²) in [5.41, 5.74) is 1.24. The molecule has 2 rings (SSSR count). The predicted octanol–water partition coefficient (Wildman–Crippen LogP) is 3.07. The van der Waals surface area contributed by atoms with Crippen molar-refractivity contribution in [3.8, 4) is 0 Å². The van der Waals surface area contributed by atoms with E-state index < -0.39 is 5.97 Å². The molecule has 3 nitrogen and oxygen atoms in total. The molecule has 4 heteroatoms. The lowest BCUT2D eigenvalue weighted by molar-refractivity contribution is -0.145. The zero-order valence-electron chi connectivity index (χ0n) is 11.2. The summed E-state index contributed by atoms with van der Waals surface area (Å²) in [6.07, 6.45) is 2.71. The van der Waals surface area contributed by atoms with Crippen molar-refractivity contribution in [2.24, 2.45) is 5.92 Å². The lowest BCUT2D eigenvalue weighted by atomic mass is 9.90. The Kier molecular flexibility index (Phi) is 4.83. The van der Waals surface area contributed by atoms with E-state index in [-0.39, 0.29) is 12.0 Å². The van der Waals surface area contributed by atoms with Crippen molar-refractivity contribution < 1.29 is 9.90 Å². The first-order valence-corrected chi connectivity index (χ1v) is 7.17. The number of hydrogen-bond donors (Lipinski definition) is 1. The van der Waals surface area contributed by atoms with Gasteiger partial charge in [-0.1, -0.05) is 23.7 Å². The smallest absolute Gasteiger partial charge is 0.308 e. The third-order valence-corrected chi connectivity index (χ3v) is 4.29. The molecule has 1 N–H and O–H groups in total. The van der Waals surface area contributed by atoms with Crippen LogP contribution in [-0.2, 0) is 11.2 Å². The number of likely N-dealkylation sites (tertiary alicyclic amines) is 1. The Morgan fingerprint density at radius 3 is 2.74 bits per heavy atom. The van der Waals surface area contributed by atoms with Crippen molar-refractivity contribution in [3.05, 3.63) is 34.9 Å². The van der Waals surface area contributed by atoms with Gasteiger partial charge in [0, 0.05) is 17.6 Å². The largest absolute Gasteiger partial charge is 0.481 e. The highest BCUT2D eigenvalue weighted by Crippen LogP contribution is 2.24. The first-order valence-electron chi connectivity index (χ1n) is 6.79. The van der Waals surface area contributed by atoms with Crippen LogP contribution >= 0.6 is 11.6 Å². The molecule has 104 valence electrons. The number of carboxylic acid groups (broad SMARTS) is 1. The number of carboxylic acids is 1. The number of benzene rings is 1. The molecule has 0 bridgehead atoms. The number of hydrogen-bond acceptors (Lipinski definition) is 2. The summed E-state index contributed by atoms with van der Waals surface area (Å²) >= 11 is 5.86. The molecule has 0 amide bonds. The molecule has 0 aliphatic carbocycles. The molecule has 1 aromatic rings. The van der Waals surface area contributed by atoms with Crippen LogP contribution in [0.2, 0.25) is 5.02 Å². The first-order chi connectivity index (χ1) is 9.08. The quantitative estimate of drug-likeness (QED) is 0.922. The second-order valence-corrected chi connectivity index (χ2v) is 5.68. The Balaban J connectivity index is 1.91. The van der Waals surface area contributed by atoms with E-state index in [9.17, 15) is 9.90 Å². The van der Waals surface area contributed by atoms with E-state index in [1.54, 1.807) is 0 Å². The molecule has 0 unspecified atom stereocenters. The van der Waals surface area contributed by atoms with Crippen LogP contribution < -0.4 is 0 Å². The highest BCUT2D eigenvalue weighted by Gasteiger charge is 2.32. The predicted molar refractivity (Wildman–Crippen MR) is 76.6 cm³/mol. The second kappa shape index (κ2) is 6.40. The molecule has 1 saturated heterocycles. The van der Waals surface area contributed by atoms with Crippen molar-refractivity contribution in [2.45, 2.75) is 32.2 Å². The topological polar surface area (TPSA) is 40.5 Å². The van der Waals surface area contributed by atoms with E-state index in [0.717, 1.165) is 37.4 Å². The van der Waals surface area contributed by atoms with Crippen molar-refractivity contribution in [1.82, 2.24) is 4.90 Å². The molecule has 0 saturated carbocycles. The normalized spacial score (nSPS) is 24.3. The Labute approximate surface area is 119 Å². The zero-order valence-corrected chi connectivity index (χ0v) is 11.9. The van der Waals surface area contributed by atoms with Gasteiger partial charge in [-0.3, -0.25) is 9.69 Å². The summed E-state index contributed by atoms with van der Waals surface area (Å²) in [6.45, 7) is 3.94. The molecule has 1 aromatic carbocycles. The van der Waals surface area contributed by atoms with Gasteiger partial charge in [0.1, 0.15) is 0 Å². The second-order valence-electron chi connectivity index (χ2n) is 5.24. The maximum atomic E-state index is 11.2. The maximum Gasteiger partial charge on any atom is 0.308 e. The third-order valence-electron chi connectivity index (χ3n) is 4.04. The first kappa shape index (κ1) is 14.4. The minimum atomic E-state index is -0.663. The summed E-state index contributed by atoms with van der Waals surface area (Å²) in [5, 5.41) is 9.95. The monoisotopic (exact) mass is 281 g/mol. The molecule has 0 radical (unpaired) electrons. The average Bonchev–Trinajstić information content (AvgIpc) is 2.39. The fraction of sp³-hybridized carbons (Fsp3) is 0.533. The molecule has 1 aliphatic heterocycles. The fourth-order valence-electron chi connectivity index (χ4n) is 2.78. The maximum absolute atomic E-state index is 11.2. The summed E-state index contributed by atoms with van der Waals surface area (Å²) in [5.74, 6) is -0.886. The summed E-state index contributed by atoms with van der Waals surface area (Å²) in [6, 6.07) is 7.99. The zero-order chi connectivity index (χ0) is 13.8. The SMILES string of the molecule is C[C@@H]1[C@H](C(=O)O)CCCN1CCc1ccc(Cl)cc1. The van der Waals surface area contributed by atoms with Gasteiger partial charge >= 0.3 is 5.97 Å². The van der Waals surface area contributed by atoms with E-state index in [1.807, 2.05) is 31.2 Å². The summed E-state index contributed by atoms with van der Waals surface area (Å²) in [7, 11) is 0. The number of carbonyl (C=O) groups is 1. The Bertz CT molecular complexity index is 432. The molecule has 19 heavy (non-hydrogen) atoms. The van der Waals surface area contributed by atoms with E-state index in [2.05, 4.69) is 4.90 Å². The highest BCUT2D eigenvalue weighted by molar-refractivity contribution is 6.30. The minimum Gasteiger partial charge on any atom is -0.481 e. The van der Waals surface area contributed by atoms with E-state index in [0.29, 0.717) is 0 Å². The van der Waals surface area contributed by atoms with E-state index in [4.69, 9.17) is 11.6 Å². The number of aliphatic carboxylic acids is 1. The van der Waals surface area contributed by atoms with Gasteiger partial charge in [-0.25, -0.2) is 0 Å². The Morgan fingerprint density at radius 2 is 2.11 bits per heavy atom. The van der Waals surface area contributed by atoms with Gasteiger partial charge in [0.15, 0.2) is 0 Å². The van der Waals surface area contributed by atoms with Crippen molar-refractivity contribution in [1.29, 1.82) is 0 Å². The lowest BCUT2D eigenvalue weighted by Crippen LogP contribution is -2.46. The van der Waals surface area contributed by atoms with Crippen LogP contribution in [0.4, 0.5) is 0 Å². The fourth-order valence-corrected chi connectivity index (χ4v) is 2.91. The minimum absolute atomic E-state index is 0.124. The van der Waals surface area contributed by atoms with Crippen molar-refractivity contribution in [3.63, 3.8) is 0 Å². The van der Waals surface area contributed by atoms with Gasteiger partial charge < -0.3 is 5.11 Å². The molecule has 2 atom stereocenters. The Morgan fingerprint density at radius 1 is 1.42 bits per heavy atom. The van der Waals surface area contributed by atoms with Gasteiger partial charge in [-0.15, -0.1) is 0 Å². The summed E-state index contributed by atoms with van der Waals surface area (Å²) in [4.78, 5) is 13.5. The molecular formula is C15H20ClNO2.